The van der Waals surface area contributed by atoms with E-state index in [9.17, 15) is 4.79 Å². The van der Waals surface area contributed by atoms with Crippen LogP contribution >= 0.6 is 0 Å². The molecule has 0 bridgehead atoms. The van der Waals surface area contributed by atoms with Crippen LogP contribution < -0.4 is 0 Å². The van der Waals surface area contributed by atoms with E-state index in [0.29, 0.717) is 0 Å². The molecule has 0 N–H and O–H groups in total. The number of carbonyl (C=O) groups is 1. The van der Waals surface area contributed by atoms with Gasteiger partial charge in [0, 0.05) is 5.56 Å². The van der Waals surface area contributed by atoms with Crippen LogP contribution in [0, 0.1) is 6.92 Å². The normalized spacial score (nSPS) is 10.8. The van der Waals surface area contributed by atoms with Crippen LogP contribution in [0.1, 0.15) is 34.0 Å². The zero-order valence-electron chi connectivity index (χ0n) is 11.4. The van der Waals surface area contributed by atoms with Gasteiger partial charge in [0.1, 0.15) is 0 Å². The maximum atomic E-state index is 12.0. The van der Waals surface area contributed by atoms with Crippen molar-refractivity contribution in [2.45, 2.75) is 20.3 Å². The van der Waals surface area contributed by atoms with Crippen LogP contribution in [-0.4, -0.2) is 5.78 Å². The predicted molar refractivity (Wildman–Crippen MR) is 80.4 cm³/mol. The van der Waals surface area contributed by atoms with Crippen LogP contribution in [0.25, 0.3) is 6.08 Å². The Morgan fingerprint density at radius 1 is 1.11 bits per heavy atom. The van der Waals surface area contributed by atoms with E-state index in [1.165, 1.54) is 5.56 Å². The number of ketones is 1. The number of hydrogen-bond donors (Lipinski definition) is 0. The van der Waals surface area contributed by atoms with Crippen molar-refractivity contribution in [1.29, 1.82) is 0 Å². The monoisotopic (exact) mass is 250 g/mol. The fraction of sp³-hybridized carbons (Fsp3) is 0.167. The van der Waals surface area contributed by atoms with Gasteiger partial charge in [0.05, 0.1) is 0 Å². The second-order valence-electron chi connectivity index (χ2n) is 4.66. The molecule has 2 aromatic carbocycles. The molecule has 96 valence electrons. The number of rotatable bonds is 4. The van der Waals surface area contributed by atoms with E-state index in [1.807, 2.05) is 49.4 Å². The van der Waals surface area contributed by atoms with Crippen molar-refractivity contribution in [2.24, 2.45) is 0 Å². The smallest absolute Gasteiger partial charge is 0.185 e. The fourth-order valence-electron chi connectivity index (χ4n) is 1.93. The topological polar surface area (TPSA) is 17.1 Å². The Bertz CT molecular complexity index is 591. The van der Waals surface area contributed by atoms with Gasteiger partial charge in [-0.2, -0.15) is 0 Å². The van der Waals surface area contributed by atoms with Crippen molar-refractivity contribution >= 4 is 11.9 Å². The van der Waals surface area contributed by atoms with Gasteiger partial charge in [-0.3, -0.25) is 4.79 Å². The molecule has 0 atom stereocenters. The van der Waals surface area contributed by atoms with Gasteiger partial charge >= 0.3 is 0 Å². The number of allylic oxidation sites excluding steroid dienone is 1. The average Bonchev–Trinajstić information content (AvgIpc) is 2.45. The van der Waals surface area contributed by atoms with Crippen molar-refractivity contribution in [1.82, 2.24) is 0 Å². The average molecular weight is 250 g/mol. The van der Waals surface area contributed by atoms with Gasteiger partial charge in [0.15, 0.2) is 5.78 Å². The van der Waals surface area contributed by atoms with Crippen LogP contribution in [-0.2, 0) is 6.42 Å². The third-order valence-electron chi connectivity index (χ3n) is 3.12. The molecule has 1 heteroatoms. The first-order valence-corrected chi connectivity index (χ1v) is 6.57. The van der Waals surface area contributed by atoms with E-state index in [1.54, 1.807) is 6.08 Å². The van der Waals surface area contributed by atoms with E-state index in [2.05, 4.69) is 19.1 Å². The summed E-state index contributed by atoms with van der Waals surface area (Å²) < 4.78 is 0. The van der Waals surface area contributed by atoms with Gasteiger partial charge in [0.2, 0.25) is 0 Å². The van der Waals surface area contributed by atoms with Crippen molar-refractivity contribution in [3.63, 3.8) is 0 Å². The highest BCUT2D eigenvalue weighted by Gasteiger charge is 2.00. The first kappa shape index (κ1) is 13.3. The standard InChI is InChI=1S/C18H18O/c1-3-15-7-9-16(10-8-15)11-12-18(19)17-6-4-5-14(2)13-17/h4-13H,3H2,1-2H3. The van der Waals surface area contributed by atoms with Crippen molar-refractivity contribution in [3.05, 3.63) is 76.9 Å². The molecule has 0 saturated carbocycles. The fourth-order valence-corrected chi connectivity index (χ4v) is 1.93. The molecule has 0 unspecified atom stereocenters. The summed E-state index contributed by atoms with van der Waals surface area (Å²) in [6.07, 6.45) is 4.53. The molecular weight excluding hydrogens is 232 g/mol. The molecule has 2 rings (SSSR count). The van der Waals surface area contributed by atoms with E-state index in [4.69, 9.17) is 0 Å². The molecule has 0 amide bonds. The van der Waals surface area contributed by atoms with Gasteiger partial charge in [-0.1, -0.05) is 61.0 Å². The van der Waals surface area contributed by atoms with Crippen LogP contribution in [0.4, 0.5) is 0 Å². The van der Waals surface area contributed by atoms with Gasteiger partial charge in [0.25, 0.3) is 0 Å². The van der Waals surface area contributed by atoms with Crippen LogP contribution in [0.3, 0.4) is 0 Å². The summed E-state index contributed by atoms with van der Waals surface area (Å²) in [5.74, 6) is 0.0447. The third kappa shape index (κ3) is 3.65. The minimum absolute atomic E-state index is 0.0447. The summed E-state index contributed by atoms with van der Waals surface area (Å²) >= 11 is 0. The molecule has 2 aromatic rings. The maximum Gasteiger partial charge on any atom is 0.185 e. The van der Waals surface area contributed by atoms with E-state index in [-0.39, 0.29) is 5.78 Å². The summed E-state index contributed by atoms with van der Waals surface area (Å²) in [5, 5.41) is 0. The number of benzene rings is 2. The maximum absolute atomic E-state index is 12.0. The molecule has 0 aromatic heterocycles. The highest BCUT2D eigenvalue weighted by molar-refractivity contribution is 6.06. The van der Waals surface area contributed by atoms with Gasteiger partial charge in [-0.25, -0.2) is 0 Å². The molecule has 0 aliphatic carbocycles. The van der Waals surface area contributed by atoms with Gasteiger partial charge < -0.3 is 0 Å². The number of carbonyl (C=O) groups excluding carboxylic acids is 1. The van der Waals surface area contributed by atoms with Crippen molar-refractivity contribution in [3.8, 4) is 0 Å². The van der Waals surface area contributed by atoms with Crippen molar-refractivity contribution < 1.29 is 4.79 Å². The lowest BCUT2D eigenvalue weighted by Crippen LogP contribution is -1.94. The Kier molecular flexibility index (Phi) is 4.30. The Balaban J connectivity index is 2.11. The van der Waals surface area contributed by atoms with E-state index >= 15 is 0 Å². The second-order valence-corrected chi connectivity index (χ2v) is 4.66. The molecule has 0 spiro atoms. The molecule has 0 saturated heterocycles. The molecule has 0 aliphatic heterocycles. The highest BCUT2D eigenvalue weighted by atomic mass is 16.1. The Morgan fingerprint density at radius 3 is 2.47 bits per heavy atom. The minimum atomic E-state index is 0.0447. The summed E-state index contributed by atoms with van der Waals surface area (Å²) in [5.41, 5.74) is 4.20. The quantitative estimate of drug-likeness (QED) is 0.578. The largest absolute Gasteiger partial charge is 0.289 e. The van der Waals surface area contributed by atoms with Crippen LogP contribution in [0.5, 0.6) is 0 Å². The molecule has 0 radical (unpaired) electrons. The lowest BCUT2D eigenvalue weighted by molar-refractivity contribution is 0.104. The summed E-state index contributed by atoms with van der Waals surface area (Å²) in [6, 6.07) is 15.9. The zero-order chi connectivity index (χ0) is 13.7. The molecule has 1 nitrogen and oxygen atoms in total. The lowest BCUT2D eigenvalue weighted by atomic mass is 10.1. The van der Waals surface area contributed by atoms with Gasteiger partial charge in [-0.05, 0) is 36.6 Å². The Labute approximate surface area is 114 Å². The molecule has 19 heavy (non-hydrogen) atoms. The number of hydrogen-bond acceptors (Lipinski definition) is 1. The first-order valence-electron chi connectivity index (χ1n) is 6.57. The SMILES string of the molecule is CCc1ccc(C=CC(=O)c2cccc(C)c2)cc1. The van der Waals surface area contributed by atoms with Gasteiger partial charge in [-0.15, -0.1) is 0 Å². The van der Waals surface area contributed by atoms with E-state index in [0.717, 1.165) is 23.1 Å². The van der Waals surface area contributed by atoms with Crippen molar-refractivity contribution in [2.75, 3.05) is 0 Å². The Morgan fingerprint density at radius 2 is 1.84 bits per heavy atom. The molecular formula is C18H18O. The highest BCUT2D eigenvalue weighted by Crippen LogP contribution is 2.09. The Hall–Kier alpha value is -2.15. The molecule has 0 fully saturated rings. The van der Waals surface area contributed by atoms with Crippen LogP contribution in [0.15, 0.2) is 54.6 Å². The predicted octanol–water partition coefficient (Wildman–Crippen LogP) is 4.45. The third-order valence-corrected chi connectivity index (χ3v) is 3.12. The minimum Gasteiger partial charge on any atom is -0.289 e. The summed E-state index contributed by atoms with van der Waals surface area (Å²) in [4.78, 5) is 12.0. The van der Waals surface area contributed by atoms with E-state index < -0.39 is 0 Å². The second kappa shape index (κ2) is 6.14. The zero-order valence-corrected chi connectivity index (χ0v) is 11.4. The first-order chi connectivity index (χ1) is 9.19. The number of aryl methyl sites for hydroxylation is 2. The van der Waals surface area contributed by atoms with Crippen LogP contribution in [0.2, 0.25) is 0 Å². The molecule has 0 aliphatic rings. The summed E-state index contributed by atoms with van der Waals surface area (Å²) in [6.45, 7) is 4.12. The lowest BCUT2D eigenvalue weighted by Gasteiger charge is -1.99. The summed E-state index contributed by atoms with van der Waals surface area (Å²) in [7, 11) is 0. The molecule has 0 heterocycles.